The van der Waals surface area contributed by atoms with Gasteiger partial charge in [-0.3, -0.25) is 0 Å². The maximum absolute atomic E-state index is 9.64. The van der Waals surface area contributed by atoms with E-state index in [1.165, 1.54) is 36.0 Å². The van der Waals surface area contributed by atoms with Gasteiger partial charge in [-0.05, 0) is 78.0 Å². The normalized spacial score (nSPS) is 27.5. The summed E-state index contributed by atoms with van der Waals surface area (Å²) in [6, 6.07) is 17.6. The van der Waals surface area contributed by atoms with Gasteiger partial charge in [0.25, 0.3) is 0 Å². The van der Waals surface area contributed by atoms with Crippen LogP contribution in [0.1, 0.15) is 60.8 Å². The van der Waals surface area contributed by atoms with Gasteiger partial charge in [-0.1, -0.05) is 55.5 Å². The van der Waals surface area contributed by atoms with E-state index in [2.05, 4.69) is 49.4 Å². The molecule has 0 saturated heterocycles. The zero-order chi connectivity index (χ0) is 18.7. The van der Waals surface area contributed by atoms with Gasteiger partial charge >= 0.3 is 0 Å². The molecule has 0 bridgehead atoms. The van der Waals surface area contributed by atoms with Crippen molar-refractivity contribution in [3.05, 3.63) is 70.8 Å². The van der Waals surface area contributed by atoms with Crippen molar-refractivity contribution in [2.75, 3.05) is 13.2 Å². The molecule has 0 spiro atoms. The lowest BCUT2D eigenvalue weighted by Crippen LogP contribution is -2.19. The predicted molar refractivity (Wildman–Crippen MR) is 110 cm³/mol. The van der Waals surface area contributed by atoms with E-state index >= 15 is 0 Å². The molecule has 0 radical (unpaired) electrons. The summed E-state index contributed by atoms with van der Waals surface area (Å²) in [5.41, 5.74) is 5.93. The molecule has 1 saturated carbocycles. The second-order valence-electron chi connectivity index (χ2n) is 9.05. The number of hydrogen-bond acceptors (Lipinski definition) is 2. The SMILES string of the molecule is C[C@]1(CO)CC[C@H](c2ccc3c(c2)CC[C@@H](COCc2ccccc2)C3)C1. The molecular weight excluding hydrogens is 332 g/mol. The summed E-state index contributed by atoms with van der Waals surface area (Å²) in [4.78, 5) is 0. The van der Waals surface area contributed by atoms with Crippen LogP contribution in [0.5, 0.6) is 0 Å². The van der Waals surface area contributed by atoms with Gasteiger partial charge in [0.2, 0.25) is 0 Å². The van der Waals surface area contributed by atoms with E-state index in [1.54, 1.807) is 5.56 Å². The molecular formula is C25H32O2. The summed E-state index contributed by atoms with van der Waals surface area (Å²) >= 11 is 0. The Labute approximate surface area is 163 Å². The third-order valence-corrected chi connectivity index (χ3v) is 6.71. The number of fused-ring (bicyclic) bond motifs is 1. The Bertz CT molecular complexity index is 754. The molecule has 2 heteroatoms. The third kappa shape index (κ3) is 4.44. The lowest BCUT2D eigenvalue weighted by molar-refractivity contribution is 0.0823. The molecule has 144 valence electrons. The van der Waals surface area contributed by atoms with E-state index in [4.69, 9.17) is 4.74 Å². The minimum absolute atomic E-state index is 0.127. The molecule has 27 heavy (non-hydrogen) atoms. The number of aryl methyl sites for hydroxylation is 1. The maximum Gasteiger partial charge on any atom is 0.0717 e. The molecule has 2 aromatic rings. The molecule has 1 N–H and O–H groups in total. The second-order valence-corrected chi connectivity index (χ2v) is 9.05. The molecule has 1 fully saturated rings. The summed E-state index contributed by atoms with van der Waals surface area (Å²) in [7, 11) is 0. The average Bonchev–Trinajstić information content (AvgIpc) is 3.11. The number of aliphatic hydroxyl groups excluding tert-OH is 1. The van der Waals surface area contributed by atoms with Gasteiger partial charge in [-0.25, -0.2) is 0 Å². The molecule has 2 aliphatic rings. The highest BCUT2D eigenvalue weighted by Crippen LogP contribution is 2.46. The van der Waals surface area contributed by atoms with Crippen LogP contribution in [0, 0.1) is 11.3 Å². The molecule has 4 rings (SSSR count). The van der Waals surface area contributed by atoms with E-state index in [-0.39, 0.29) is 5.41 Å². The van der Waals surface area contributed by atoms with Gasteiger partial charge in [-0.15, -0.1) is 0 Å². The van der Waals surface area contributed by atoms with Crippen molar-refractivity contribution < 1.29 is 9.84 Å². The van der Waals surface area contributed by atoms with Crippen LogP contribution in [0.2, 0.25) is 0 Å². The van der Waals surface area contributed by atoms with Gasteiger partial charge in [0.05, 0.1) is 13.2 Å². The summed E-state index contributed by atoms with van der Waals surface area (Å²) in [6.07, 6.45) is 7.02. The van der Waals surface area contributed by atoms with Gasteiger partial charge in [0.15, 0.2) is 0 Å². The summed E-state index contributed by atoms with van der Waals surface area (Å²) in [5.74, 6) is 1.26. The zero-order valence-electron chi connectivity index (χ0n) is 16.5. The topological polar surface area (TPSA) is 29.5 Å². The van der Waals surface area contributed by atoms with E-state index in [1.807, 2.05) is 6.07 Å². The predicted octanol–water partition coefficient (Wildman–Crippen LogP) is 5.27. The Hall–Kier alpha value is -1.64. The van der Waals surface area contributed by atoms with Crippen LogP contribution in [0.15, 0.2) is 48.5 Å². The van der Waals surface area contributed by atoms with Crippen molar-refractivity contribution >= 4 is 0 Å². The van der Waals surface area contributed by atoms with Crippen LogP contribution < -0.4 is 0 Å². The Morgan fingerprint density at radius 2 is 1.93 bits per heavy atom. The van der Waals surface area contributed by atoms with Gasteiger partial charge in [-0.2, -0.15) is 0 Å². The van der Waals surface area contributed by atoms with Crippen molar-refractivity contribution in [3.8, 4) is 0 Å². The molecule has 0 heterocycles. The Morgan fingerprint density at radius 3 is 2.70 bits per heavy atom. The second kappa shape index (κ2) is 8.16. The maximum atomic E-state index is 9.64. The molecule has 3 atom stereocenters. The first-order valence-corrected chi connectivity index (χ1v) is 10.5. The summed E-state index contributed by atoms with van der Waals surface area (Å²) < 4.78 is 5.99. The molecule has 2 aromatic carbocycles. The molecule has 2 nitrogen and oxygen atoms in total. The van der Waals surface area contributed by atoms with Crippen molar-refractivity contribution in [2.45, 2.75) is 58.0 Å². The van der Waals surface area contributed by atoms with E-state index in [0.29, 0.717) is 25.0 Å². The van der Waals surface area contributed by atoms with Crippen LogP contribution in [-0.4, -0.2) is 18.3 Å². The third-order valence-electron chi connectivity index (χ3n) is 6.71. The summed E-state index contributed by atoms with van der Waals surface area (Å²) in [6.45, 7) is 4.12. The first-order chi connectivity index (χ1) is 13.1. The highest BCUT2D eigenvalue weighted by atomic mass is 16.5. The first-order valence-electron chi connectivity index (χ1n) is 10.5. The van der Waals surface area contributed by atoms with Crippen LogP contribution in [0.4, 0.5) is 0 Å². The lowest BCUT2D eigenvalue weighted by Gasteiger charge is -2.26. The highest BCUT2D eigenvalue weighted by Gasteiger charge is 2.35. The molecule has 2 aliphatic carbocycles. The van der Waals surface area contributed by atoms with Crippen molar-refractivity contribution in [2.24, 2.45) is 11.3 Å². The van der Waals surface area contributed by atoms with Crippen LogP contribution in [0.25, 0.3) is 0 Å². The van der Waals surface area contributed by atoms with Crippen LogP contribution in [-0.2, 0) is 24.2 Å². The minimum Gasteiger partial charge on any atom is -0.396 e. The van der Waals surface area contributed by atoms with Crippen molar-refractivity contribution in [1.82, 2.24) is 0 Å². The van der Waals surface area contributed by atoms with Crippen molar-refractivity contribution in [1.29, 1.82) is 0 Å². The van der Waals surface area contributed by atoms with Gasteiger partial charge in [0, 0.05) is 6.61 Å². The average molecular weight is 365 g/mol. The zero-order valence-corrected chi connectivity index (χ0v) is 16.5. The fourth-order valence-electron chi connectivity index (χ4n) is 4.91. The number of ether oxygens (including phenoxy) is 1. The first kappa shape index (κ1) is 18.7. The quantitative estimate of drug-likeness (QED) is 0.756. The highest BCUT2D eigenvalue weighted by molar-refractivity contribution is 5.36. The van der Waals surface area contributed by atoms with Gasteiger partial charge < -0.3 is 9.84 Å². The standard InChI is InChI=1S/C25H32O2/c1-25(18-26)12-11-24(15-25)23-10-9-21-13-20(7-8-22(21)14-23)17-27-16-19-5-3-2-4-6-19/h2-6,9-10,14,20,24,26H,7-8,11-13,15-18H2,1H3/t20-,24+,25+/m1/s1. The smallest absolute Gasteiger partial charge is 0.0717 e. The van der Waals surface area contributed by atoms with E-state index in [0.717, 1.165) is 25.9 Å². The fraction of sp³-hybridized carbons (Fsp3) is 0.520. The van der Waals surface area contributed by atoms with Gasteiger partial charge in [0.1, 0.15) is 0 Å². The Balaban J connectivity index is 1.33. The molecule has 0 amide bonds. The van der Waals surface area contributed by atoms with Crippen LogP contribution >= 0.6 is 0 Å². The number of hydrogen-bond donors (Lipinski definition) is 1. The monoisotopic (exact) mass is 364 g/mol. The van der Waals surface area contributed by atoms with E-state index in [9.17, 15) is 5.11 Å². The Kier molecular flexibility index (Phi) is 5.66. The van der Waals surface area contributed by atoms with Crippen LogP contribution in [0.3, 0.4) is 0 Å². The fourth-order valence-corrected chi connectivity index (χ4v) is 4.91. The number of rotatable bonds is 6. The molecule has 0 aromatic heterocycles. The molecule has 0 unspecified atom stereocenters. The lowest BCUT2D eigenvalue weighted by atomic mass is 9.81. The Morgan fingerprint density at radius 1 is 1.07 bits per heavy atom. The summed E-state index contributed by atoms with van der Waals surface area (Å²) in [5, 5.41) is 9.64. The number of benzene rings is 2. The minimum atomic E-state index is 0.127. The largest absolute Gasteiger partial charge is 0.396 e. The van der Waals surface area contributed by atoms with Crippen molar-refractivity contribution in [3.63, 3.8) is 0 Å². The van der Waals surface area contributed by atoms with E-state index < -0.39 is 0 Å². The number of aliphatic hydroxyl groups is 1. The molecule has 0 aliphatic heterocycles.